The lowest BCUT2D eigenvalue weighted by atomic mass is 9.83. The fraction of sp³-hybridized carbons (Fsp3) is 0.300. The number of anilines is 2. The average molecular weight is 310 g/mol. The minimum atomic E-state index is -0.168. The van der Waals surface area contributed by atoms with Crippen molar-refractivity contribution >= 4 is 11.4 Å². The fourth-order valence-electron chi connectivity index (χ4n) is 3.56. The van der Waals surface area contributed by atoms with Crippen LogP contribution in [0, 0.1) is 5.82 Å². The number of hydrogen-bond acceptors (Lipinski definition) is 2. The predicted molar refractivity (Wildman–Crippen MR) is 95.1 cm³/mol. The minimum Gasteiger partial charge on any atom is -0.324 e. The van der Waals surface area contributed by atoms with Crippen LogP contribution in [0.3, 0.4) is 0 Å². The Hall–Kier alpha value is -2.29. The van der Waals surface area contributed by atoms with Gasteiger partial charge < -0.3 is 9.80 Å². The van der Waals surface area contributed by atoms with Gasteiger partial charge in [-0.25, -0.2) is 4.39 Å². The summed E-state index contributed by atoms with van der Waals surface area (Å²) in [4.78, 5) is 4.50. The van der Waals surface area contributed by atoms with Gasteiger partial charge >= 0.3 is 0 Å². The summed E-state index contributed by atoms with van der Waals surface area (Å²) in [5.74, 6) is -0.168. The van der Waals surface area contributed by atoms with Gasteiger partial charge in [-0.1, -0.05) is 45.9 Å². The van der Waals surface area contributed by atoms with E-state index < -0.39 is 0 Å². The van der Waals surface area contributed by atoms with Crippen LogP contribution in [-0.2, 0) is 5.41 Å². The molecule has 0 spiro atoms. The highest BCUT2D eigenvalue weighted by molar-refractivity contribution is 5.72. The van der Waals surface area contributed by atoms with Gasteiger partial charge in [0.15, 0.2) is 0 Å². The molecular formula is C20H23FN2. The molecule has 4 rings (SSSR count). The molecule has 2 aromatic rings. The number of benzene rings is 2. The highest BCUT2D eigenvalue weighted by atomic mass is 19.1. The van der Waals surface area contributed by atoms with Crippen LogP contribution >= 0.6 is 0 Å². The standard InChI is InChI=1S/C18H17FN2.C2H6/c1-18(2)15-12-13(19)8-9-16(15)21-11-10-20(17(18)21)14-6-4-3-5-7-14;1-2/h3-12,17H,1-2H3;1-2H3. The van der Waals surface area contributed by atoms with E-state index >= 15 is 0 Å². The van der Waals surface area contributed by atoms with E-state index in [4.69, 9.17) is 0 Å². The van der Waals surface area contributed by atoms with E-state index in [-0.39, 0.29) is 17.4 Å². The van der Waals surface area contributed by atoms with E-state index in [9.17, 15) is 4.39 Å². The van der Waals surface area contributed by atoms with Crippen LogP contribution in [0.2, 0.25) is 0 Å². The van der Waals surface area contributed by atoms with Crippen molar-refractivity contribution in [2.45, 2.75) is 39.3 Å². The second-order valence-corrected chi connectivity index (χ2v) is 6.21. The van der Waals surface area contributed by atoms with Crippen LogP contribution < -0.4 is 9.80 Å². The summed E-state index contributed by atoms with van der Waals surface area (Å²) in [7, 11) is 0. The second kappa shape index (κ2) is 5.73. The Morgan fingerprint density at radius 3 is 2.26 bits per heavy atom. The van der Waals surface area contributed by atoms with Crippen LogP contribution in [0.5, 0.6) is 0 Å². The average Bonchev–Trinajstić information content (AvgIpc) is 3.10. The predicted octanol–water partition coefficient (Wildman–Crippen LogP) is 5.27. The van der Waals surface area contributed by atoms with Crippen LogP contribution in [0.25, 0.3) is 0 Å². The molecule has 0 aliphatic carbocycles. The summed E-state index contributed by atoms with van der Waals surface area (Å²) in [6.45, 7) is 8.36. The molecular weight excluding hydrogens is 287 g/mol. The molecule has 2 aliphatic rings. The molecule has 23 heavy (non-hydrogen) atoms. The summed E-state index contributed by atoms with van der Waals surface area (Å²) >= 11 is 0. The lowest BCUT2D eigenvalue weighted by molar-refractivity contribution is 0.445. The Kier molecular flexibility index (Phi) is 3.88. The molecule has 1 atom stereocenters. The first-order valence-electron chi connectivity index (χ1n) is 8.19. The van der Waals surface area contributed by atoms with E-state index in [0.29, 0.717) is 0 Å². The van der Waals surface area contributed by atoms with Gasteiger partial charge in [-0.15, -0.1) is 0 Å². The molecule has 3 heteroatoms. The van der Waals surface area contributed by atoms with Crippen molar-refractivity contribution in [3.63, 3.8) is 0 Å². The first-order chi connectivity index (χ1) is 11.1. The number of nitrogens with zero attached hydrogens (tertiary/aromatic N) is 2. The zero-order valence-corrected chi connectivity index (χ0v) is 14.1. The van der Waals surface area contributed by atoms with Crippen molar-refractivity contribution in [3.05, 3.63) is 72.3 Å². The zero-order valence-electron chi connectivity index (χ0n) is 14.1. The maximum absolute atomic E-state index is 13.7. The summed E-state index contributed by atoms with van der Waals surface area (Å²) in [6, 6.07) is 15.4. The first kappa shape index (κ1) is 15.6. The highest BCUT2D eigenvalue weighted by Crippen LogP contribution is 2.49. The van der Waals surface area contributed by atoms with Gasteiger partial charge in [0.1, 0.15) is 12.0 Å². The quantitative estimate of drug-likeness (QED) is 0.708. The van der Waals surface area contributed by atoms with Gasteiger partial charge in [-0.3, -0.25) is 0 Å². The molecule has 2 nitrogen and oxygen atoms in total. The third-order valence-electron chi connectivity index (χ3n) is 4.55. The Labute approximate surface area is 137 Å². The maximum atomic E-state index is 13.7. The van der Waals surface area contributed by atoms with Gasteiger partial charge in [0, 0.05) is 29.2 Å². The Morgan fingerprint density at radius 2 is 1.57 bits per heavy atom. The monoisotopic (exact) mass is 310 g/mol. The topological polar surface area (TPSA) is 6.48 Å². The maximum Gasteiger partial charge on any atom is 0.123 e. The van der Waals surface area contributed by atoms with Crippen LogP contribution in [0.4, 0.5) is 15.8 Å². The van der Waals surface area contributed by atoms with Crippen LogP contribution in [0.15, 0.2) is 60.9 Å². The van der Waals surface area contributed by atoms with E-state index in [1.165, 1.54) is 6.07 Å². The highest BCUT2D eigenvalue weighted by Gasteiger charge is 2.49. The SMILES string of the molecule is CC.CC1(C)c2cc(F)ccc2N2C=CN(c3ccccc3)C21. The van der Waals surface area contributed by atoms with E-state index in [2.05, 4.69) is 48.2 Å². The van der Waals surface area contributed by atoms with E-state index in [1.807, 2.05) is 38.1 Å². The van der Waals surface area contributed by atoms with Gasteiger partial charge in [-0.2, -0.15) is 0 Å². The van der Waals surface area contributed by atoms with Gasteiger partial charge in [-0.05, 0) is 35.9 Å². The number of para-hydroxylation sites is 1. The molecule has 2 aliphatic heterocycles. The third-order valence-corrected chi connectivity index (χ3v) is 4.55. The Balaban J connectivity index is 0.000000753. The first-order valence-corrected chi connectivity index (χ1v) is 8.19. The fourth-order valence-corrected chi connectivity index (χ4v) is 3.56. The summed E-state index contributed by atoms with van der Waals surface area (Å²) in [5.41, 5.74) is 3.16. The summed E-state index contributed by atoms with van der Waals surface area (Å²) < 4.78 is 13.7. The van der Waals surface area contributed by atoms with Crippen molar-refractivity contribution in [3.8, 4) is 0 Å². The van der Waals surface area contributed by atoms with E-state index in [0.717, 1.165) is 16.9 Å². The third kappa shape index (κ3) is 2.31. The molecule has 0 amide bonds. The number of rotatable bonds is 1. The Morgan fingerprint density at radius 1 is 0.913 bits per heavy atom. The Bertz CT molecular complexity index is 722. The van der Waals surface area contributed by atoms with Crippen molar-refractivity contribution in [2.24, 2.45) is 0 Å². The molecule has 0 fully saturated rings. The van der Waals surface area contributed by atoms with Crippen molar-refractivity contribution in [1.82, 2.24) is 0 Å². The molecule has 0 radical (unpaired) electrons. The zero-order chi connectivity index (χ0) is 16.6. The van der Waals surface area contributed by atoms with E-state index in [1.54, 1.807) is 6.07 Å². The smallest absolute Gasteiger partial charge is 0.123 e. The summed E-state index contributed by atoms with van der Waals surface area (Å²) in [5, 5.41) is 0. The van der Waals surface area contributed by atoms with Crippen molar-refractivity contribution in [1.29, 1.82) is 0 Å². The number of hydrogen-bond donors (Lipinski definition) is 0. The molecule has 0 saturated heterocycles. The van der Waals surface area contributed by atoms with Crippen molar-refractivity contribution in [2.75, 3.05) is 9.80 Å². The van der Waals surface area contributed by atoms with Gasteiger partial charge in [0.05, 0.1) is 0 Å². The molecule has 2 aromatic carbocycles. The lowest BCUT2D eigenvalue weighted by Gasteiger charge is -2.36. The van der Waals surface area contributed by atoms with Gasteiger partial charge in [0.25, 0.3) is 0 Å². The van der Waals surface area contributed by atoms with Crippen LogP contribution in [0.1, 0.15) is 33.3 Å². The molecule has 2 heterocycles. The van der Waals surface area contributed by atoms with Crippen molar-refractivity contribution < 1.29 is 4.39 Å². The van der Waals surface area contributed by atoms with Crippen LogP contribution in [-0.4, -0.2) is 6.17 Å². The molecule has 0 bridgehead atoms. The lowest BCUT2D eigenvalue weighted by Crippen LogP contribution is -2.46. The normalized spacial score (nSPS) is 20.0. The number of fused-ring (bicyclic) bond motifs is 3. The molecule has 0 N–H and O–H groups in total. The number of halogens is 1. The molecule has 120 valence electrons. The molecule has 0 saturated carbocycles. The molecule has 1 unspecified atom stereocenters. The largest absolute Gasteiger partial charge is 0.324 e. The summed E-state index contributed by atoms with van der Waals surface area (Å²) in [6.07, 6.45) is 4.34. The molecule has 0 aromatic heterocycles. The second-order valence-electron chi connectivity index (χ2n) is 6.21. The minimum absolute atomic E-state index is 0.150. The van der Waals surface area contributed by atoms with Gasteiger partial charge in [0.2, 0.25) is 0 Å².